The number of hydrogen-bond donors (Lipinski definition) is 2. The lowest BCUT2D eigenvalue weighted by molar-refractivity contribution is -0.0360. The van der Waals surface area contributed by atoms with Crippen LogP contribution in [0.1, 0.15) is 23.5 Å². The maximum atomic E-state index is 10.6. The van der Waals surface area contributed by atoms with Gasteiger partial charge in [0.05, 0.1) is 0 Å². The molecular weight excluding hydrogens is 272 g/mol. The molecule has 2 atom stereocenters. The molecule has 0 saturated carbocycles. The van der Waals surface area contributed by atoms with Gasteiger partial charge in [-0.15, -0.1) is 0 Å². The molecule has 0 aliphatic carbocycles. The van der Waals surface area contributed by atoms with Gasteiger partial charge in [-0.1, -0.05) is 30.3 Å². The Hall–Kier alpha value is -2.53. The van der Waals surface area contributed by atoms with E-state index < -0.39 is 12.4 Å². The summed E-state index contributed by atoms with van der Waals surface area (Å²) >= 11 is 0. The maximum absolute atomic E-state index is 10.6. The third kappa shape index (κ3) is 2.83. The van der Waals surface area contributed by atoms with E-state index in [9.17, 15) is 9.90 Å². The molecule has 1 aliphatic rings. The van der Waals surface area contributed by atoms with Gasteiger partial charge in [0.15, 0.2) is 6.29 Å². The lowest BCUT2D eigenvalue weighted by atomic mass is 9.86. The van der Waals surface area contributed by atoms with Gasteiger partial charge in [0.2, 0.25) is 0 Å². The summed E-state index contributed by atoms with van der Waals surface area (Å²) in [6.45, 7) is 0. The molecule has 0 aromatic heterocycles. The summed E-state index contributed by atoms with van der Waals surface area (Å²) < 4.78 is 10.1. The first kappa shape index (κ1) is 13.5. The highest BCUT2D eigenvalue weighted by atomic mass is 16.7. The first-order chi connectivity index (χ1) is 10.1. The number of aliphatic hydroxyl groups is 1. The summed E-state index contributed by atoms with van der Waals surface area (Å²) in [5.74, 6) is 0.713. The Morgan fingerprint density at radius 1 is 1.19 bits per heavy atom. The number of fused-ring (bicyclic) bond motifs is 1. The van der Waals surface area contributed by atoms with Crippen LogP contribution in [0, 0.1) is 0 Å². The van der Waals surface area contributed by atoms with Crippen LogP contribution >= 0.6 is 0 Å². The zero-order valence-electron chi connectivity index (χ0n) is 11.1. The van der Waals surface area contributed by atoms with Crippen molar-refractivity contribution < 1.29 is 24.5 Å². The number of carboxylic acid groups (broad SMARTS) is 1. The summed E-state index contributed by atoms with van der Waals surface area (Å²) in [4.78, 5) is 10.6. The normalized spacial score (nSPS) is 20.2. The largest absolute Gasteiger partial charge is 0.511 e. The molecule has 1 heterocycles. The lowest BCUT2D eigenvalue weighted by Crippen LogP contribution is -2.25. The van der Waals surface area contributed by atoms with Crippen molar-refractivity contribution in [3.8, 4) is 11.5 Å². The van der Waals surface area contributed by atoms with Crippen LogP contribution < -0.4 is 9.47 Å². The Labute approximate surface area is 121 Å². The summed E-state index contributed by atoms with van der Waals surface area (Å²) in [6.07, 6.45) is -1.83. The van der Waals surface area contributed by atoms with E-state index in [0.717, 1.165) is 11.1 Å². The zero-order chi connectivity index (χ0) is 14.8. The third-order valence-electron chi connectivity index (χ3n) is 3.46. The van der Waals surface area contributed by atoms with Crippen LogP contribution in [-0.2, 0) is 0 Å². The van der Waals surface area contributed by atoms with E-state index in [2.05, 4.69) is 4.74 Å². The molecule has 2 aromatic rings. The van der Waals surface area contributed by atoms with E-state index in [1.807, 2.05) is 30.3 Å². The average molecular weight is 286 g/mol. The molecule has 21 heavy (non-hydrogen) atoms. The Morgan fingerprint density at radius 3 is 2.67 bits per heavy atom. The van der Waals surface area contributed by atoms with Crippen molar-refractivity contribution in [2.24, 2.45) is 0 Å². The second-order valence-corrected chi connectivity index (χ2v) is 4.84. The molecule has 2 N–H and O–H groups in total. The molecule has 0 fully saturated rings. The van der Waals surface area contributed by atoms with E-state index in [1.165, 1.54) is 6.07 Å². The smallest absolute Gasteiger partial charge is 0.465 e. The minimum absolute atomic E-state index is 0.0673. The Kier molecular flexibility index (Phi) is 3.50. The Balaban J connectivity index is 2.03. The van der Waals surface area contributed by atoms with E-state index in [-0.39, 0.29) is 11.7 Å². The fourth-order valence-corrected chi connectivity index (χ4v) is 2.59. The molecule has 0 saturated heterocycles. The van der Waals surface area contributed by atoms with Crippen molar-refractivity contribution in [3.05, 3.63) is 59.7 Å². The second kappa shape index (κ2) is 5.46. The van der Waals surface area contributed by atoms with Gasteiger partial charge >= 0.3 is 6.16 Å². The molecule has 2 aromatic carbocycles. The van der Waals surface area contributed by atoms with Crippen LogP contribution in [0.2, 0.25) is 0 Å². The summed E-state index contributed by atoms with van der Waals surface area (Å²) in [5.41, 5.74) is 1.85. The highest BCUT2D eigenvalue weighted by Crippen LogP contribution is 2.41. The molecule has 0 bridgehead atoms. The van der Waals surface area contributed by atoms with Crippen LogP contribution in [0.15, 0.2) is 48.5 Å². The van der Waals surface area contributed by atoms with Crippen molar-refractivity contribution in [1.82, 2.24) is 0 Å². The number of aliphatic hydroxyl groups excluding tert-OH is 1. The number of hydrogen-bond acceptors (Lipinski definition) is 4. The van der Waals surface area contributed by atoms with Crippen molar-refractivity contribution in [2.75, 3.05) is 0 Å². The summed E-state index contributed by atoms with van der Waals surface area (Å²) in [6, 6.07) is 14.5. The Morgan fingerprint density at radius 2 is 1.95 bits per heavy atom. The van der Waals surface area contributed by atoms with E-state index >= 15 is 0 Å². The SMILES string of the molecule is O=C(O)Oc1ccc2c(c1)C(c1ccccc1)CC(O)O2. The molecule has 1 aliphatic heterocycles. The molecule has 0 amide bonds. The van der Waals surface area contributed by atoms with Crippen molar-refractivity contribution in [1.29, 1.82) is 0 Å². The fourth-order valence-electron chi connectivity index (χ4n) is 2.59. The number of ether oxygens (including phenoxy) is 2. The highest BCUT2D eigenvalue weighted by molar-refractivity contribution is 5.62. The van der Waals surface area contributed by atoms with Gasteiger partial charge in [-0.25, -0.2) is 4.79 Å². The van der Waals surface area contributed by atoms with Gasteiger partial charge in [0.1, 0.15) is 11.5 Å². The quantitative estimate of drug-likeness (QED) is 0.655. The molecule has 0 spiro atoms. The standard InChI is InChI=1S/C16H14O5/c17-15-9-12(10-4-2-1-3-5-10)13-8-11(20-16(18)19)6-7-14(13)21-15/h1-8,12,15,17H,9H2,(H,18,19). The first-order valence-electron chi connectivity index (χ1n) is 6.58. The van der Waals surface area contributed by atoms with Crippen molar-refractivity contribution in [3.63, 3.8) is 0 Å². The average Bonchev–Trinajstić information content (AvgIpc) is 2.47. The number of carbonyl (C=O) groups is 1. The zero-order valence-corrected chi connectivity index (χ0v) is 11.1. The predicted molar refractivity (Wildman–Crippen MR) is 74.6 cm³/mol. The van der Waals surface area contributed by atoms with Gasteiger partial charge in [-0.05, 0) is 23.8 Å². The van der Waals surface area contributed by atoms with E-state index in [0.29, 0.717) is 12.2 Å². The predicted octanol–water partition coefficient (Wildman–Crippen LogP) is 2.98. The van der Waals surface area contributed by atoms with Crippen LogP contribution in [0.5, 0.6) is 11.5 Å². The molecule has 5 nitrogen and oxygen atoms in total. The van der Waals surface area contributed by atoms with Gasteiger partial charge < -0.3 is 19.7 Å². The van der Waals surface area contributed by atoms with Crippen LogP contribution in [0.25, 0.3) is 0 Å². The second-order valence-electron chi connectivity index (χ2n) is 4.84. The topological polar surface area (TPSA) is 76.0 Å². The maximum Gasteiger partial charge on any atom is 0.511 e. The molecule has 2 unspecified atom stereocenters. The molecule has 3 rings (SSSR count). The third-order valence-corrected chi connectivity index (χ3v) is 3.46. The summed E-state index contributed by atoms with van der Waals surface area (Å²) in [5, 5.41) is 18.6. The summed E-state index contributed by atoms with van der Waals surface area (Å²) in [7, 11) is 0. The minimum atomic E-state index is -1.36. The van der Waals surface area contributed by atoms with Crippen molar-refractivity contribution >= 4 is 6.16 Å². The molecule has 0 radical (unpaired) electrons. The minimum Gasteiger partial charge on any atom is -0.465 e. The number of benzene rings is 2. The monoisotopic (exact) mass is 286 g/mol. The number of rotatable bonds is 2. The van der Waals surface area contributed by atoms with Gasteiger partial charge in [-0.2, -0.15) is 0 Å². The van der Waals surface area contributed by atoms with Crippen LogP contribution in [-0.4, -0.2) is 22.7 Å². The molecule has 5 heteroatoms. The first-order valence-corrected chi connectivity index (χ1v) is 6.58. The van der Waals surface area contributed by atoms with E-state index in [1.54, 1.807) is 12.1 Å². The van der Waals surface area contributed by atoms with Crippen LogP contribution in [0.4, 0.5) is 4.79 Å². The van der Waals surface area contributed by atoms with Gasteiger partial charge in [0.25, 0.3) is 0 Å². The van der Waals surface area contributed by atoms with Gasteiger partial charge in [0, 0.05) is 17.9 Å². The van der Waals surface area contributed by atoms with Crippen molar-refractivity contribution in [2.45, 2.75) is 18.6 Å². The Bertz CT molecular complexity index is 653. The van der Waals surface area contributed by atoms with Gasteiger partial charge in [-0.3, -0.25) is 0 Å². The highest BCUT2D eigenvalue weighted by Gasteiger charge is 2.28. The molecule has 108 valence electrons. The van der Waals surface area contributed by atoms with Crippen LogP contribution in [0.3, 0.4) is 0 Å². The molecular formula is C16H14O5. The fraction of sp³-hybridized carbons (Fsp3) is 0.188. The van der Waals surface area contributed by atoms with E-state index in [4.69, 9.17) is 9.84 Å². The lowest BCUT2D eigenvalue weighted by Gasteiger charge is -2.30.